The van der Waals surface area contributed by atoms with Gasteiger partial charge in [0.1, 0.15) is 5.76 Å². The van der Waals surface area contributed by atoms with E-state index in [0.29, 0.717) is 22.9 Å². The Bertz CT molecular complexity index is 645. The average Bonchev–Trinajstić information content (AvgIpc) is 3.00. The molecule has 2 rings (SSSR count). The molecule has 1 aromatic heterocycles. The minimum atomic E-state index is -0.248. The van der Waals surface area contributed by atoms with Crippen LogP contribution in [-0.2, 0) is 4.79 Å². The maximum atomic E-state index is 11.9. The topological polar surface area (TPSA) is 60.7 Å². The van der Waals surface area contributed by atoms with E-state index in [1.165, 1.54) is 6.08 Å². The summed E-state index contributed by atoms with van der Waals surface area (Å²) < 4.78 is 15.6. The lowest BCUT2D eigenvalue weighted by atomic mass is 10.1. The van der Waals surface area contributed by atoms with Crippen LogP contribution in [0.4, 0.5) is 5.69 Å². The zero-order valence-corrected chi connectivity index (χ0v) is 12.2. The summed E-state index contributed by atoms with van der Waals surface area (Å²) in [5.41, 5.74) is 1.55. The van der Waals surface area contributed by atoms with E-state index < -0.39 is 0 Å². The van der Waals surface area contributed by atoms with Gasteiger partial charge >= 0.3 is 0 Å². The van der Waals surface area contributed by atoms with Crippen molar-refractivity contribution in [2.24, 2.45) is 0 Å². The summed E-state index contributed by atoms with van der Waals surface area (Å²) in [7, 11) is 3.12. The maximum absolute atomic E-state index is 11.9. The van der Waals surface area contributed by atoms with Gasteiger partial charge < -0.3 is 19.2 Å². The first-order chi connectivity index (χ1) is 10.1. The van der Waals surface area contributed by atoms with Gasteiger partial charge in [0.25, 0.3) is 0 Å². The molecule has 0 bridgehead atoms. The molecule has 0 aliphatic rings. The van der Waals surface area contributed by atoms with Crippen LogP contribution < -0.4 is 14.8 Å². The molecule has 0 aliphatic heterocycles. The highest BCUT2D eigenvalue weighted by Crippen LogP contribution is 2.32. The molecule has 0 saturated heterocycles. The van der Waals surface area contributed by atoms with Gasteiger partial charge in [0.05, 0.1) is 20.5 Å². The Hall–Kier alpha value is -2.69. The predicted octanol–water partition coefficient (Wildman–Crippen LogP) is 3.26. The van der Waals surface area contributed by atoms with E-state index in [-0.39, 0.29) is 5.91 Å². The number of furan rings is 1. The Balaban J connectivity index is 2.13. The number of carbonyl (C=O) groups excluding carboxylic acids is 1. The first-order valence-electron chi connectivity index (χ1n) is 6.39. The SMILES string of the molecule is COc1cc(C)c(NC(=O)/C=C/c2ccco2)cc1OC. The van der Waals surface area contributed by atoms with Crippen molar-refractivity contribution in [3.8, 4) is 11.5 Å². The quantitative estimate of drug-likeness (QED) is 0.857. The van der Waals surface area contributed by atoms with E-state index in [4.69, 9.17) is 13.9 Å². The van der Waals surface area contributed by atoms with Crippen LogP contribution in [0.1, 0.15) is 11.3 Å². The Kier molecular flexibility index (Phi) is 4.66. The Morgan fingerprint density at radius 1 is 1.24 bits per heavy atom. The molecule has 0 unspecified atom stereocenters. The van der Waals surface area contributed by atoms with Gasteiger partial charge in [-0.15, -0.1) is 0 Å². The van der Waals surface area contributed by atoms with E-state index in [0.717, 1.165) is 5.56 Å². The Labute approximate surface area is 123 Å². The molecule has 5 heteroatoms. The fourth-order valence-electron chi connectivity index (χ4n) is 1.83. The van der Waals surface area contributed by atoms with Gasteiger partial charge in [0.15, 0.2) is 11.5 Å². The van der Waals surface area contributed by atoms with Gasteiger partial charge in [0, 0.05) is 17.8 Å². The van der Waals surface area contributed by atoms with Crippen LogP contribution in [0.3, 0.4) is 0 Å². The summed E-state index contributed by atoms with van der Waals surface area (Å²) in [4.78, 5) is 11.9. The molecule has 21 heavy (non-hydrogen) atoms. The maximum Gasteiger partial charge on any atom is 0.248 e. The zero-order valence-electron chi connectivity index (χ0n) is 12.2. The van der Waals surface area contributed by atoms with Crippen LogP contribution in [0.15, 0.2) is 41.0 Å². The minimum absolute atomic E-state index is 0.248. The number of methoxy groups -OCH3 is 2. The third kappa shape index (κ3) is 3.66. The summed E-state index contributed by atoms with van der Waals surface area (Å²) in [6.45, 7) is 1.88. The molecule has 0 radical (unpaired) electrons. The number of benzene rings is 1. The molecule has 1 amide bonds. The van der Waals surface area contributed by atoms with Crippen molar-refractivity contribution < 1.29 is 18.7 Å². The summed E-state index contributed by atoms with van der Waals surface area (Å²) in [5, 5.41) is 2.80. The molecule has 0 saturated carbocycles. The lowest BCUT2D eigenvalue weighted by Crippen LogP contribution is -2.09. The zero-order chi connectivity index (χ0) is 15.2. The first-order valence-corrected chi connectivity index (χ1v) is 6.39. The number of hydrogen-bond donors (Lipinski definition) is 1. The number of amides is 1. The second-order valence-electron chi connectivity index (χ2n) is 4.36. The van der Waals surface area contributed by atoms with E-state index in [2.05, 4.69) is 5.32 Å². The Morgan fingerprint density at radius 2 is 1.95 bits per heavy atom. The van der Waals surface area contributed by atoms with Crippen molar-refractivity contribution in [3.05, 3.63) is 47.9 Å². The number of aryl methyl sites for hydroxylation is 1. The summed E-state index contributed by atoms with van der Waals surface area (Å²) in [6.07, 6.45) is 4.57. The van der Waals surface area contributed by atoms with Gasteiger partial charge in [-0.05, 0) is 36.8 Å². The number of anilines is 1. The van der Waals surface area contributed by atoms with Crippen molar-refractivity contribution in [2.75, 3.05) is 19.5 Å². The highest BCUT2D eigenvalue weighted by Gasteiger charge is 2.09. The van der Waals surface area contributed by atoms with Crippen molar-refractivity contribution in [1.82, 2.24) is 0 Å². The van der Waals surface area contributed by atoms with Crippen molar-refractivity contribution >= 4 is 17.7 Å². The van der Waals surface area contributed by atoms with Crippen LogP contribution in [0.25, 0.3) is 6.08 Å². The number of hydrogen-bond acceptors (Lipinski definition) is 4. The van der Waals surface area contributed by atoms with Gasteiger partial charge in [0.2, 0.25) is 5.91 Å². The number of rotatable bonds is 5. The van der Waals surface area contributed by atoms with Crippen molar-refractivity contribution in [3.63, 3.8) is 0 Å². The molecule has 0 atom stereocenters. The van der Waals surface area contributed by atoms with Gasteiger partial charge in [-0.2, -0.15) is 0 Å². The molecule has 0 spiro atoms. The van der Waals surface area contributed by atoms with Crippen molar-refractivity contribution in [2.45, 2.75) is 6.92 Å². The largest absolute Gasteiger partial charge is 0.493 e. The molecule has 0 fully saturated rings. The van der Waals surface area contributed by atoms with E-state index in [9.17, 15) is 4.79 Å². The van der Waals surface area contributed by atoms with Gasteiger partial charge in [-0.3, -0.25) is 4.79 Å². The Morgan fingerprint density at radius 3 is 2.57 bits per heavy atom. The van der Waals surface area contributed by atoms with Crippen molar-refractivity contribution in [1.29, 1.82) is 0 Å². The monoisotopic (exact) mass is 287 g/mol. The number of carbonyl (C=O) groups is 1. The third-order valence-electron chi connectivity index (χ3n) is 2.93. The third-order valence-corrected chi connectivity index (χ3v) is 2.93. The lowest BCUT2D eigenvalue weighted by molar-refractivity contribution is -0.111. The minimum Gasteiger partial charge on any atom is -0.493 e. The fourth-order valence-corrected chi connectivity index (χ4v) is 1.83. The van der Waals surface area contributed by atoms with Crippen LogP contribution in [0.2, 0.25) is 0 Å². The lowest BCUT2D eigenvalue weighted by Gasteiger charge is -2.12. The van der Waals surface area contributed by atoms with Crippen LogP contribution >= 0.6 is 0 Å². The number of nitrogens with one attached hydrogen (secondary N) is 1. The smallest absolute Gasteiger partial charge is 0.248 e. The number of ether oxygens (including phenoxy) is 2. The summed E-state index contributed by atoms with van der Waals surface area (Å²) in [6, 6.07) is 7.07. The second kappa shape index (κ2) is 6.65. The molecule has 5 nitrogen and oxygen atoms in total. The van der Waals surface area contributed by atoms with E-state index in [1.54, 1.807) is 44.8 Å². The fraction of sp³-hybridized carbons (Fsp3) is 0.188. The molecular formula is C16H17NO4. The summed E-state index contributed by atoms with van der Waals surface area (Å²) >= 11 is 0. The van der Waals surface area contributed by atoms with Gasteiger partial charge in [-0.25, -0.2) is 0 Å². The standard InChI is InChI=1S/C16H17NO4/c1-11-9-14(19-2)15(20-3)10-13(11)17-16(18)7-6-12-5-4-8-21-12/h4-10H,1-3H3,(H,17,18)/b7-6+. The van der Waals surface area contributed by atoms with Gasteiger partial charge in [-0.1, -0.05) is 0 Å². The molecular weight excluding hydrogens is 270 g/mol. The second-order valence-corrected chi connectivity index (χ2v) is 4.36. The van der Waals surface area contributed by atoms with Crippen LogP contribution in [-0.4, -0.2) is 20.1 Å². The highest BCUT2D eigenvalue weighted by atomic mass is 16.5. The molecule has 2 aromatic rings. The van der Waals surface area contributed by atoms with Crippen LogP contribution in [0.5, 0.6) is 11.5 Å². The predicted molar refractivity (Wildman–Crippen MR) is 80.7 cm³/mol. The molecule has 1 N–H and O–H groups in total. The molecule has 1 aromatic carbocycles. The van der Waals surface area contributed by atoms with E-state index in [1.807, 2.05) is 13.0 Å². The first kappa shape index (κ1) is 14.7. The molecule has 1 heterocycles. The normalized spacial score (nSPS) is 10.6. The summed E-state index contributed by atoms with van der Waals surface area (Å²) in [5.74, 6) is 1.56. The molecule has 110 valence electrons. The van der Waals surface area contributed by atoms with E-state index >= 15 is 0 Å². The molecule has 0 aliphatic carbocycles. The highest BCUT2D eigenvalue weighted by molar-refractivity contribution is 6.02. The average molecular weight is 287 g/mol. The van der Waals surface area contributed by atoms with Crippen LogP contribution in [0, 0.1) is 6.92 Å².